The lowest BCUT2D eigenvalue weighted by molar-refractivity contribution is 0.872. The van der Waals surface area contributed by atoms with E-state index in [2.05, 4.69) is 17.0 Å². The average molecular weight is 319 g/mol. The highest BCUT2D eigenvalue weighted by molar-refractivity contribution is 8.01. The van der Waals surface area contributed by atoms with Gasteiger partial charge in [-0.25, -0.2) is 4.98 Å². The number of benzene rings is 1. The van der Waals surface area contributed by atoms with Crippen molar-refractivity contribution in [2.75, 3.05) is 5.75 Å². The molecule has 100 valence electrons. The lowest BCUT2D eigenvalue weighted by Crippen LogP contribution is -2.13. The Morgan fingerprint density at radius 1 is 1.30 bits per heavy atom. The predicted octanol–water partition coefficient (Wildman–Crippen LogP) is 3.63. The Morgan fingerprint density at radius 2 is 2.15 bits per heavy atom. The molecular weight excluding hydrogens is 310 g/mol. The highest BCUT2D eigenvalue weighted by Gasteiger charge is 2.15. The fourth-order valence-electron chi connectivity index (χ4n) is 2.13. The van der Waals surface area contributed by atoms with Crippen LogP contribution in [0.3, 0.4) is 0 Å². The van der Waals surface area contributed by atoms with Gasteiger partial charge in [-0.2, -0.15) is 4.52 Å². The third kappa shape index (κ3) is 1.70. The molecule has 4 aromatic rings. The van der Waals surface area contributed by atoms with E-state index < -0.39 is 0 Å². The van der Waals surface area contributed by atoms with Crippen molar-refractivity contribution < 1.29 is 0 Å². The topological polar surface area (TPSA) is 47.3 Å². The van der Waals surface area contributed by atoms with Gasteiger partial charge in [-0.15, -0.1) is 16.4 Å². The number of hydrogen-bond donors (Lipinski definition) is 0. The molecule has 0 aliphatic carbocycles. The van der Waals surface area contributed by atoms with E-state index in [1.807, 2.05) is 24.3 Å². The minimum Gasteiger partial charge on any atom is -0.266 e. The van der Waals surface area contributed by atoms with Crippen LogP contribution in [0.4, 0.5) is 0 Å². The Bertz CT molecular complexity index is 999. The standard InChI is InChI=1S/C13H9N3OS3/c1-2-18-13-15-16-11(17)10-9(14-12(16)20-13)7-5-3-4-6-8(7)19-10/h3-6H,2H2,1H3. The molecule has 0 aliphatic rings. The largest absolute Gasteiger partial charge is 0.293 e. The van der Waals surface area contributed by atoms with Crippen LogP contribution in [0.25, 0.3) is 25.3 Å². The summed E-state index contributed by atoms with van der Waals surface area (Å²) in [6.07, 6.45) is 0. The van der Waals surface area contributed by atoms with Crippen LogP contribution in [0.5, 0.6) is 0 Å². The minimum atomic E-state index is -0.0644. The molecule has 3 heterocycles. The zero-order chi connectivity index (χ0) is 13.7. The Hall–Kier alpha value is -1.44. The van der Waals surface area contributed by atoms with Crippen LogP contribution in [-0.4, -0.2) is 20.4 Å². The second kappa shape index (κ2) is 4.54. The fourth-order valence-corrected chi connectivity index (χ4v) is 5.02. The number of fused-ring (bicyclic) bond motifs is 4. The smallest absolute Gasteiger partial charge is 0.266 e. The second-order valence-electron chi connectivity index (χ2n) is 4.19. The maximum absolute atomic E-state index is 12.5. The number of aromatic nitrogens is 3. The molecule has 0 radical (unpaired) electrons. The van der Waals surface area contributed by atoms with E-state index >= 15 is 0 Å². The molecule has 0 N–H and O–H groups in total. The van der Waals surface area contributed by atoms with Crippen LogP contribution < -0.4 is 5.56 Å². The second-order valence-corrected chi connectivity index (χ2v) is 7.71. The van der Waals surface area contributed by atoms with Crippen LogP contribution in [-0.2, 0) is 0 Å². The summed E-state index contributed by atoms with van der Waals surface area (Å²) >= 11 is 4.59. The van der Waals surface area contributed by atoms with Gasteiger partial charge in [0.2, 0.25) is 4.96 Å². The summed E-state index contributed by atoms with van der Waals surface area (Å²) in [7, 11) is 0. The fraction of sp³-hybridized carbons (Fsp3) is 0.154. The van der Waals surface area contributed by atoms with Crippen LogP contribution in [0.1, 0.15) is 6.92 Å². The molecule has 0 atom stereocenters. The van der Waals surface area contributed by atoms with Gasteiger partial charge in [0.05, 0.1) is 5.52 Å². The molecule has 20 heavy (non-hydrogen) atoms. The number of thiophene rings is 1. The van der Waals surface area contributed by atoms with E-state index in [1.54, 1.807) is 11.8 Å². The lowest BCUT2D eigenvalue weighted by atomic mass is 10.2. The van der Waals surface area contributed by atoms with Crippen LogP contribution in [0, 0.1) is 0 Å². The van der Waals surface area contributed by atoms with Crippen molar-refractivity contribution in [3.05, 3.63) is 34.6 Å². The van der Waals surface area contributed by atoms with Crippen molar-refractivity contribution in [3.63, 3.8) is 0 Å². The highest BCUT2D eigenvalue weighted by Crippen LogP contribution is 2.32. The summed E-state index contributed by atoms with van der Waals surface area (Å²) in [6.45, 7) is 2.07. The van der Waals surface area contributed by atoms with E-state index in [9.17, 15) is 4.79 Å². The van der Waals surface area contributed by atoms with Gasteiger partial charge in [-0.05, 0) is 11.8 Å². The summed E-state index contributed by atoms with van der Waals surface area (Å²) in [5, 5.41) is 5.40. The van der Waals surface area contributed by atoms with Crippen molar-refractivity contribution in [1.82, 2.24) is 14.6 Å². The van der Waals surface area contributed by atoms with Gasteiger partial charge in [-0.1, -0.05) is 48.2 Å². The first kappa shape index (κ1) is 12.3. The number of rotatable bonds is 2. The Balaban J connectivity index is 2.15. The van der Waals surface area contributed by atoms with Crippen molar-refractivity contribution in [2.45, 2.75) is 11.3 Å². The third-order valence-corrected chi connectivity index (χ3v) is 6.04. The van der Waals surface area contributed by atoms with Crippen molar-refractivity contribution in [3.8, 4) is 0 Å². The molecule has 3 aromatic heterocycles. The predicted molar refractivity (Wildman–Crippen MR) is 86.4 cm³/mol. The first-order valence-electron chi connectivity index (χ1n) is 6.12. The van der Waals surface area contributed by atoms with E-state index in [0.717, 1.165) is 25.7 Å². The summed E-state index contributed by atoms with van der Waals surface area (Å²) in [5.41, 5.74) is 0.734. The normalized spacial score (nSPS) is 11.8. The van der Waals surface area contributed by atoms with E-state index in [1.165, 1.54) is 27.2 Å². The zero-order valence-electron chi connectivity index (χ0n) is 10.5. The molecule has 0 saturated carbocycles. The van der Waals surface area contributed by atoms with Crippen LogP contribution >= 0.6 is 34.4 Å². The molecule has 4 nitrogen and oxygen atoms in total. The van der Waals surface area contributed by atoms with Crippen molar-refractivity contribution >= 4 is 59.7 Å². The van der Waals surface area contributed by atoms with Gasteiger partial charge in [0.15, 0.2) is 4.34 Å². The molecule has 0 bridgehead atoms. The summed E-state index contributed by atoms with van der Waals surface area (Å²) in [5.74, 6) is 0.936. The molecular formula is C13H9N3OS3. The maximum Gasteiger partial charge on any atom is 0.293 e. The first-order valence-corrected chi connectivity index (χ1v) is 8.73. The Morgan fingerprint density at radius 3 is 3.00 bits per heavy atom. The molecule has 0 spiro atoms. The van der Waals surface area contributed by atoms with Crippen molar-refractivity contribution in [1.29, 1.82) is 0 Å². The summed E-state index contributed by atoms with van der Waals surface area (Å²) in [6, 6.07) is 7.99. The van der Waals surface area contributed by atoms with Gasteiger partial charge in [0.1, 0.15) is 4.70 Å². The molecule has 0 saturated heterocycles. The molecule has 7 heteroatoms. The van der Waals surface area contributed by atoms with E-state index in [-0.39, 0.29) is 5.56 Å². The quantitative estimate of drug-likeness (QED) is 0.529. The number of hydrogen-bond acceptors (Lipinski definition) is 6. The van der Waals surface area contributed by atoms with Crippen LogP contribution in [0.2, 0.25) is 0 Å². The molecule has 0 amide bonds. The Kier molecular flexibility index (Phi) is 2.80. The van der Waals surface area contributed by atoms with Gasteiger partial charge in [0.25, 0.3) is 5.56 Å². The minimum absolute atomic E-state index is 0.0644. The zero-order valence-corrected chi connectivity index (χ0v) is 12.9. The van der Waals surface area contributed by atoms with Crippen molar-refractivity contribution in [2.24, 2.45) is 0 Å². The van der Waals surface area contributed by atoms with Gasteiger partial charge >= 0.3 is 0 Å². The maximum atomic E-state index is 12.5. The first-order chi connectivity index (χ1) is 9.78. The molecule has 0 aliphatic heterocycles. The molecule has 1 aromatic carbocycles. The SMILES string of the molecule is CCSc1nn2c(=O)c3sc4ccccc4c3nc2s1. The number of nitrogens with zero attached hydrogens (tertiary/aromatic N) is 3. The summed E-state index contributed by atoms with van der Waals surface area (Å²) < 4.78 is 4.09. The molecule has 0 unspecified atom stereocenters. The Labute approximate surface area is 126 Å². The monoisotopic (exact) mass is 319 g/mol. The van der Waals surface area contributed by atoms with E-state index in [0.29, 0.717) is 9.66 Å². The molecule has 0 fully saturated rings. The highest BCUT2D eigenvalue weighted by atomic mass is 32.2. The lowest BCUT2D eigenvalue weighted by Gasteiger charge is -1.91. The third-order valence-electron chi connectivity index (χ3n) is 2.97. The van der Waals surface area contributed by atoms with Gasteiger partial charge < -0.3 is 0 Å². The number of thioether (sulfide) groups is 1. The van der Waals surface area contributed by atoms with Gasteiger partial charge in [0, 0.05) is 10.1 Å². The van der Waals surface area contributed by atoms with E-state index in [4.69, 9.17) is 0 Å². The van der Waals surface area contributed by atoms with Crippen LogP contribution in [0.15, 0.2) is 33.4 Å². The van der Waals surface area contributed by atoms with Gasteiger partial charge in [-0.3, -0.25) is 4.79 Å². The summed E-state index contributed by atoms with van der Waals surface area (Å²) in [4.78, 5) is 17.9. The molecule has 4 rings (SSSR count). The average Bonchev–Trinajstić information content (AvgIpc) is 3.02.